The Kier molecular flexibility index (Phi) is 6.86. The summed E-state index contributed by atoms with van der Waals surface area (Å²) >= 11 is 6.29. The number of nitriles is 1. The first-order valence-electron chi connectivity index (χ1n) is 12.6. The lowest BCUT2D eigenvalue weighted by Gasteiger charge is -2.32. The number of carbonyl (C=O) groups excluding carboxylic acids is 2. The normalized spacial score (nSPS) is 16.5. The van der Waals surface area contributed by atoms with Crippen LogP contribution < -0.4 is 15.8 Å². The molecule has 0 unspecified atom stereocenters. The summed E-state index contributed by atoms with van der Waals surface area (Å²) in [5.41, 5.74) is -1.25. The van der Waals surface area contributed by atoms with Gasteiger partial charge >= 0.3 is 11.7 Å². The fourth-order valence-electron chi connectivity index (χ4n) is 5.06. The highest BCUT2D eigenvalue weighted by molar-refractivity contribution is 6.31. The molecule has 1 atom stereocenters. The Morgan fingerprint density at radius 1 is 1.07 bits per heavy atom. The number of carbonyl (C=O) groups is 2. The number of amides is 2. The fourth-order valence-corrected chi connectivity index (χ4v) is 5.23. The van der Waals surface area contributed by atoms with E-state index in [9.17, 15) is 19.6 Å². The van der Waals surface area contributed by atoms with Crippen molar-refractivity contribution in [3.8, 4) is 6.07 Å². The molecule has 202 valence electrons. The highest BCUT2D eigenvalue weighted by atomic mass is 35.5. The number of para-hydroxylation sites is 1. The Morgan fingerprint density at radius 3 is 2.48 bits per heavy atom. The number of halogens is 1. The van der Waals surface area contributed by atoms with Gasteiger partial charge < -0.3 is 19.4 Å². The van der Waals surface area contributed by atoms with E-state index in [1.165, 1.54) is 6.07 Å². The Morgan fingerprint density at radius 2 is 1.77 bits per heavy atom. The van der Waals surface area contributed by atoms with Gasteiger partial charge in [-0.2, -0.15) is 5.26 Å². The monoisotopic (exact) mass is 555 g/mol. The summed E-state index contributed by atoms with van der Waals surface area (Å²) in [5.74, 6) is -0.435. The third-order valence-electron chi connectivity index (χ3n) is 6.69. The maximum absolute atomic E-state index is 14.5. The summed E-state index contributed by atoms with van der Waals surface area (Å²) in [4.78, 5) is 42.3. The molecule has 40 heavy (non-hydrogen) atoms. The minimum atomic E-state index is -1.71. The summed E-state index contributed by atoms with van der Waals surface area (Å²) < 4.78 is 11.0. The highest BCUT2D eigenvalue weighted by Gasteiger charge is 2.53. The second kappa shape index (κ2) is 10.2. The summed E-state index contributed by atoms with van der Waals surface area (Å²) in [7, 11) is 0. The zero-order chi connectivity index (χ0) is 28.7. The first-order valence-corrected chi connectivity index (χ1v) is 13.0. The number of nitrogens with zero attached hydrogens (tertiary/aromatic N) is 2. The number of alkyl carbamates (subject to hydrolysis) is 1. The lowest BCUT2D eigenvalue weighted by molar-refractivity contribution is -0.124. The van der Waals surface area contributed by atoms with E-state index in [1.807, 2.05) is 36.4 Å². The van der Waals surface area contributed by atoms with Crippen LogP contribution in [-0.2, 0) is 28.0 Å². The molecule has 3 aromatic carbocycles. The van der Waals surface area contributed by atoms with Crippen LogP contribution in [0.2, 0.25) is 5.02 Å². The predicted molar refractivity (Wildman–Crippen MR) is 151 cm³/mol. The van der Waals surface area contributed by atoms with Gasteiger partial charge in [-0.05, 0) is 56.2 Å². The second-order valence-electron chi connectivity index (χ2n) is 10.6. The van der Waals surface area contributed by atoms with E-state index in [2.05, 4.69) is 5.32 Å². The van der Waals surface area contributed by atoms with Crippen molar-refractivity contribution in [3.63, 3.8) is 0 Å². The third-order valence-corrected chi connectivity index (χ3v) is 6.93. The van der Waals surface area contributed by atoms with Crippen LogP contribution in [0.3, 0.4) is 0 Å². The number of hydrogen-bond acceptors (Lipinski definition) is 6. The van der Waals surface area contributed by atoms with Crippen LogP contribution in [0.25, 0.3) is 11.0 Å². The van der Waals surface area contributed by atoms with Crippen molar-refractivity contribution in [2.75, 3.05) is 4.90 Å². The van der Waals surface area contributed by atoms with E-state index >= 15 is 0 Å². The Hall–Kier alpha value is -4.61. The molecule has 0 saturated carbocycles. The Labute approximate surface area is 235 Å². The van der Waals surface area contributed by atoms with Gasteiger partial charge in [-0.3, -0.25) is 4.79 Å². The minimum Gasteiger partial charge on any atom is -0.444 e. The van der Waals surface area contributed by atoms with Crippen molar-refractivity contribution < 1.29 is 18.7 Å². The van der Waals surface area contributed by atoms with Crippen molar-refractivity contribution >= 4 is 40.3 Å². The first-order chi connectivity index (χ1) is 19.0. The molecular formula is C31H26ClN3O5. The maximum Gasteiger partial charge on any atom is 0.408 e. The van der Waals surface area contributed by atoms with E-state index in [-0.39, 0.29) is 29.7 Å². The molecule has 1 aliphatic heterocycles. The van der Waals surface area contributed by atoms with Gasteiger partial charge in [-0.1, -0.05) is 60.1 Å². The smallest absolute Gasteiger partial charge is 0.408 e. The van der Waals surface area contributed by atoms with E-state index in [0.29, 0.717) is 21.7 Å². The molecule has 0 spiro atoms. The highest BCUT2D eigenvalue weighted by Crippen LogP contribution is 2.44. The van der Waals surface area contributed by atoms with E-state index in [1.54, 1.807) is 62.1 Å². The van der Waals surface area contributed by atoms with Crippen molar-refractivity contribution in [3.05, 3.63) is 110 Å². The van der Waals surface area contributed by atoms with Crippen LogP contribution in [-0.4, -0.2) is 17.6 Å². The third kappa shape index (κ3) is 4.92. The molecule has 5 rings (SSSR count). The van der Waals surface area contributed by atoms with Gasteiger partial charge in [0, 0.05) is 22.4 Å². The van der Waals surface area contributed by atoms with Gasteiger partial charge in [0.05, 0.1) is 12.2 Å². The zero-order valence-corrected chi connectivity index (χ0v) is 22.9. The lowest BCUT2D eigenvalue weighted by Crippen LogP contribution is -2.55. The maximum atomic E-state index is 14.5. The van der Waals surface area contributed by atoms with Crippen LogP contribution in [0, 0.1) is 11.3 Å². The molecule has 1 aromatic heterocycles. The average molecular weight is 556 g/mol. The summed E-state index contributed by atoms with van der Waals surface area (Å²) in [6.45, 7) is 5.40. The SMILES string of the molecule is CC(C)(C)OC(=O)N[C@]1(Cc2c(C#N)c(=O)oc3ccc(Cl)cc23)C(=O)N(Cc2ccccc2)c2ccccc21. The second-order valence-corrected chi connectivity index (χ2v) is 11.0. The molecule has 0 radical (unpaired) electrons. The fraction of sp³-hybridized carbons (Fsp3) is 0.226. The minimum absolute atomic E-state index is 0.204. The van der Waals surface area contributed by atoms with Crippen LogP contribution in [0.5, 0.6) is 0 Å². The Bertz CT molecular complexity index is 1740. The topological polar surface area (TPSA) is 113 Å². The number of anilines is 1. The summed E-state index contributed by atoms with van der Waals surface area (Å²) in [6, 6.07) is 23.2. The number of benzene rings is 3. The number of hydrogen-bond donors (Lipinski definition) is 1. The molecule has 8 nitrogen and oxygen atoms in total. The van der Waals surface area contributed by atoms with Crippen LogP contribution in [0.15, 0.2) is 82.0 Å². The van der Waals surface area contributed by atoms with Gasteiger partial charge in [0.25, 0.3) is 5.91 Å². The molecule has 4 aromatic rings. The van der Waals surface area contributed by atoms with Crippen LogP contribution in [0.1, 0.15) is 43.0 Å². The van der Waals surface area contributed by atoms with Gasteiger partial charge in [0.1, 0.15) is 22.8 Å². The molecule has 9 heteroatoms. The van der Waals surface area contributed by atoms with Gasteiger partial charge in [0.2, 0.25) is 0 Å². The van der Waals surface area contributed by atoms with Crippen molar-refractivity contribution in [1.29, 1.82) is 5.26 Å². The molecule has 1 aliphatic rings. The lowest BCUT2D eigenvalue weighted by atomic mass is 9.82. The zero-order valence-electron chi connectivity index (χ0n) is 22.2. The van der Waals surface area contributed by atoms with E-state index < -0.39 is 28.8 Å². The molecule has 2 amide bonds. The molecule has 1 N–H and O–H groups in total. The largest absolute Gasteiger partial charge is 0.444 e. The van der Waals surface area contributed by atoms with Gasteiger partial charge in [0.15, 0.2) is 5.54 Å². The predicted octanol–water partition coefficient (Wildman–Crippen LogP) is 5.83. The van der Waals surface area contributed by atoms with Crippen molar-refractivity contribution in [2.45, 2.75) is 44.9 Å². The standard InChI is InChI=1S/C31H26ClN3O5/c1-30(2,3)40-29(38)34-31(16-22-21-15-20(32)13-14-26(21)39-27(36)23(22)17-33)24-11-7-8-12-25(24)35(28(31)37)18-19-9-5-4-6-10-19/h4-15H,16,18H2,1-3H3,(H,34,38)/t31-/m0/s1. The van der Waals surface area contributed by atoms with Crippen LogP contribution in [0.4, 0.5) is 10.5 Å². The molecule has 0 aliphatic carbocycles. The number of ether oxygens (including phenoxy) is 1. The molecule has 0 fully saturated rings. The first kappa shape index (κ1) is 27.0. The van der Waals surface area contributed by atoms with E-state index in [4.69, 9.17) is 20.8 Å². The van der Waals surface area contributed by atoms with Crippen molar-refractivity contribution in [1.82, 2.24) is 5.32 Å². The average Bonchev–Trinajstić information content (AvgIpc) is 3.11. The van der Waals surface area contributed by atoms with Crippen molar-refractivity contribution in [2.24, 2.45) is 0 Å². The molecular weight excluding hydrogens is 530 g/mol. The molecule has 0 bridgehead atoms. The molecule has 2 heterocycles. The van der Waals surface area contributed by atoms with E-state index in [0.717, 1.165) is 5.56 Å². The Balaban J connectivity index is 1.74. The quantitative estimate of drug-likeness (QED) is 0.310. The number of rotatable bonds is 5. The molecule has 0 saturated heterocycles. The number of nitrogens with one attached hydrogen (secondary N) is 1. The number of fused-ring (bicyclic) bond motifs is 2. The van der Waals surface area contributed by atoms with Gasteiger partial charge in [-0.15, -0.1) is 0 Å². The summed E-state index contributed by atoms with van der Waals surface area (Å²) in [5, 5.41) is 13.6. The summed E-state index contributed by atoms with van der Waals surface area (Å²) in [6.07, 6.45) is -1.04. The van der Waals surface area contributed by atoms with Crippen LogP contribution >= 0.6 is 11.6 Å². The van der Waals surface area contributed by atoms with Gasteiger partial charge in [-0.25, -0.2) is 9.59 Å².